The quantitative estimate of drug-likeness (QED) is 0.662. The average molecular weight is 350 g/mol. The van der Waals surface area contributed by atoms with Crippen molar-refractivity contribution in [3.05, 3.63) is 41.0 Å². The summed E-state index contributed by atoms with van der Waals surface area (Å²) in [5.74, 6) is 2.07. The van der Waals surface area contributed by atoms with E-state index in [2.05, 4.69) is 15.3 Å². The average Bonchev–Trinajstić information content (AvgIpc) is 3.09. The van der Waals surface area contributed by atoms with Crippen LogP contribution in [0.1, 0.15) is 5.56 Å². The van der Waals surface area contributed by atoms with E-state index in [9.17, 15) is 0 Å². The van der Waals surface area contributed by atoms with E-state index in [0.29, 0.717) is 5.88 Å². The molecule has 0 bridgehead atoms. The Morgan fingerprint density at radius 2 is 1.91 bits per heavy atom. The molecule has 0 fully saturated rings. The number of methoxy groups -OCH3 is 1. The van der Waals surface area contributed by atoms with Crippen molar-refractivity contribution in [3.63, 3.8) is 0 Å². The molecule has 23 heavy (non-hydrogen) atoms. The molecule has 0 aliphatic rings. The second-order valence-corrected chi connectivity index (χ2v) is 6.38. The van der Waals surface area contributed by atoms with E-state index in [0.717, 1.165) is 27.3 Å². The highest BCUT2D eigenvalue weighted by atomic mass is 35.5. The molecule has 6 nitrogen and oxygen atoms in total. The fourth-order valence-electron chi connectivity index (χ4n) is 2.18. The zero-order valence-electron chi connectivity index (χ0n) is 13.0. The van der Waals surface area contributed by atoms with Crippen LogP contribution in [0, 0.1) is 0 Å². The molecule has 0 N–H and O–H groups in total. The van der Waals surface area contributed by atoms with Crippen molar-refractivity contribution in [1.82, 2.24) is 24.5 Å². The predicted molar refractivity (Wildman–Crippen MR) is 90.8 cm³/mol. The lowest BCUT2D eigenvalue weighted by atomic mass is 10.2. The highest BCUT2D eigenvalue weighted by Crippen LogP contribution is 2.30. The van der Waals surface area contributed by atoms with Crippen LogP contribution in [0.3, 0.4) is 0 Å². The van der Waals surface area contributed by atoms with Gasteiger partial charge in [0.2, 0.25) is 5.88 Å². The van der Waals surface area contributed by atoms with Gasteiger partial charge in [-0.3, -0.25) is 4.68 Å². The van der Waals surface area contributed by atoms with Gasteiger partial charge in [0, 0.05) is 31.1 Å². The molecule has 1 aromatic carbocycles. The van der Waals surface area contributed by atoms with Crippen molar-refractivity contribution >= 4 is 23.4 Å². The van der Waals surface area contributed by atoms with E-state index in [4.69, 9.17) is 16.3 Å². The Balaban J connectivity index is 1.80. The molecule has 0 radical (unpaired) electrons. The molecule has 0 spiro atoms. The number of nitrogens with zero attached hydrogens (tertiary/aromatic N) is 5. The maximum absolute atomic E-state index is 5.90. The second-order valence-electron chi connectivity index (χ2n) is 5.01. The third-order valence-electron chi connectivity index (χ3n) is 3.35. The van der Waals surface area contributed by atoms with Gasteiger partial charge in [0.1, 0.15) is 5.56 Å². The van der Waals surface area contributed by atoms with Crippen LogP contribution in [0.4, 0.5) is 0 Å². The number of benzene rings is 1. The second kappa shape index (κ2) is 6.64. The van der Waals surface area contributed by atoms with Gasteiger partial charge in [-0.15, -0.1) is 15.3 Å². The summed E-state index contributed by atoms with van der Waals surface area (Å²) in [6.07, 6.45) is 1.87. The Morgan fingerprint density at radius 3 is 2.61 bits per heavy atom. The smallest absolute Gasteiger partial charge is 0.243 e. The number of rotatable bonds is 5. The Hall–Kier alpha value is -1.99. The molecular formula is C15H16ClN5OS. The van der Waals surface area contributed by atoms with Crippen LogP contribution in [-0.2, 0) is 19.8 Å². The van der Waals surface area contributed by atoms with Gasteiger partial charge in [-0.2, -0.15) is 0 Å². The van der Waals surface area contributed by atoms with Gasteiger partial charge in [0.25, 0.3) is 0 Å². The summed E-state index contributed by atoms with van der Waals surface area (Å²) in [6.45, 7) is 0. The lowest BCUT2D eigenvalue weighted by molar-refractivity contribution is 0.393. The highest BCUT2D eigenvalue weighted by molar-refractivity contribution is 7.98. The summed E-state index contributed by atoms with van der Waals surface area (Å²) >= 11 is 7.52. The first-order valence-electron chi connectivity index (χ1n) is 6.93. The third kappa shape index (κ3) is 3.35. The van der Waals surface area contributed by atoms with E-state index in [1.54, 1.807) is 23.6 Å². The molecule has 3 rings (SSSR count). The first-order valence-corrected chi connectivity index (χ1v) is 8.29. The first-order chi connectivity index (χ1) is 11.1. The summed E-state index contributed by atoms with van der Waals surface area (Å²) in [7, 11) is 5.38. The zero-order chi connectivity index (χ0) is 16.4. The topological polar surface area (TPSA) is 57.8 Å². The third-order valence-corrected chi connectivity index (χ3v) is 4.69. The SMILES string of the molecule is COc1nn(C)cc1-c1nnc(SCc2ccc(Cl)cc2)n1C. The molecule has 0 atom stereocenters. The number of hydrogen-bond donors (Lipinski definition) is 0. The molecule has 0 aliphatic heterocycles. The number of ether oxygens (including phenoxy) is 1. The standard InChI is InChI=1S/C15H16ClN5OS/c1-20-8-12(14(19-20)22-3)13-17-18-15(21(13)2)23-9-10-4-6-11(16)7-5-10/h4-8H,9H2,1-3H3. The van der Waals surface area contributed by atoms with Gasteiger partial charge in [0.05, 0.1) is 7.11 Å². The van der Waals surface area contributed by atoms with Gasteiger partial charge >= 0.3 is 0 Å². The van der Waals surface area contributed by atoms with Crippen LogP contribution in [0.5, 0.6) is 5.88 Å². The number of aryl methyl sites for hydroxylation is 1. The largest absolute Gasteiger partial charge is 0.479 e. The van der Waals surface area contributed by atoms with Crippen molar-refractivity contribution < 1.29 is 4.74 Å². The van der Waals surface area contributed by atoms with Crippen LogP contribution in [0.25, 0.3) is 11.4 Å². The maximum atomic E-state index is 5.90. The van der Waals surface area contributed by atoms with E-state index < -0.39 is 0 Å². The predicted octanol–water partition coefficient (Wildman–Crippen LogP) is 3.17. The summed E-state index contributed by atoms with van der Waals surface area (Å²) in [5.41, 5.74) is 2.01. The molecular weight excluding hydrogens is 334 g/mol. The normalized spacial score (nSPS) is 11.0. The van der Waals surface area contributed by atoms with Gasteiger partial charge in [-0.05, 0) is 17.7 Å². The first kappa shape index (κ1) is 15.9. The Kier molecular flexibility index (Phi) is 4.58. The van der Waals surface area contributed by atoms with Crippen LogP contribution in [0.15, 0.2) is 35.6 Å². The van der Waals surface area contributed by atoms with E-state index in [-0.39, 0.29) is 0 Å². The summed E-state index contributed by atoms with van der Waals surface area (Å²) in [4.78, 5) is 0. The Labute approximate surface area is 143 Å². The van der Waals surface area contributed by atoms with Gasteiger partial charge in [-0.25, -0.2) is 0 Å². The van der Waals surface area contributed by atoms with Gasteiger partial charge in [-0.1, -0.05) is 35.5 Å². The van der Waals surface area contributed by atoms with Crippen LogP contribution in [0.2, 0.25) is 5.02 Å². The summed E-state index contributed by atoms with van der Waals surface area (Å²) in [5, 5.41) is 14.4. The zero-order valence-corrected chi connectivity index (χ0v) is 14.6. The fourth-order valence-corrected chi connectivity index (χ4v) is 3.17. The van der Waals surface area contributed by atoms with Crippen LogP contribution < -0.4 is 4.74 Å². The molecule has 0 amide bonds. The number of thioether (sulfide) groups is 1. The Morgan fingerprint density at radius 1 is 1.17 bits per heavy atom. The highest BCUT2D eigenvalue weighted by Gasteiger charge is 2.18. The van der Waals surface area contributed by atoms with Crippen molar-refractivity contribution in [2.45, 2.75) is 10.9 Å². The van der Waals surface area contributed by atoms with Crippen molar-refractivity contribution in [2.75, 3.05) is 7.11 Å². The minimum atomic E-state index is 0.539. The van der Waals surface area contributed by atoms with Crippen molar-refractivity contribution in [2.24, 2.45) is 14.1 Å². The maximum Gasteiger partial charge on any atom is 0.243 e. The summed E-state index contributed by atoms with van der Waals surface area (Å²) in [6, 6.07) is 7.80. The molecule has 0 unspecified atom stereocenters. The van der Waals surface area contributed by atoms with Gasteiger partial charge in [0.15, 0.2) is 11.0 Å². The molecule has 2 aromatic heterocycles. The summed E-state index contributed by atoms with van der Waals surface area (Å²) < 4.78 is 8.94. The number of aromatic nitrogens is 5. The number of halogens is 1. The molecule has 3 aromatic rings. The Bertz CT molecular complexity index is 812. The molecule has 0 saturated carbocycles. The number of hydrogen-bond acceptors (Lipinski definition) is 5. The van der Waals surface area contributed by atoms with E-state index in [1.165, 1.54) is 5.56 Å². The fraction of sp³-hybridized carbons (Fsp3) is 0.267. The molecule has 8 heteroatoms. The lowest BCUT2D eigenvalue weighted by Gasteiger charge is -2.04. The molecule has 0 saturated heterocycles. The van der Waals surface area contributed by atoms with Crippen molar-refractivity contribution in [3.8, 4) is 17.3 Å². The van der Waals surface area contributed by atoms with Crippen molar-refractivity contribution in [1.29, 1.82) is 0 Å². The molecule has 2 heterocycles. The van der Waals surface area contributed by atoms with Gasteiger partial charge < -0.3 is 9.30 Å². The molecule has 120 valence electrons. The van der Waals surface area contributed by atoms with E-state index in [1.807, 2.05) is 49.1 Å². The monoisotopic (exact) mass is 349 g/mol. The van der Waals surface area contributed by atoms with Crippen LogP contribution in [-0.4, -0.2) is 31.7 Å². The molecule has 0 aliphatic carbocycles. The van der Waals surface area contributed by atoms with E-state index >= 15 is 0 Å². The minimum absolute atomic E-state index is 0.539. The minimum Gasteiger partial charge on any atom is -0.479 e. The lowest BCUT2D eigenvalue weighted by Crippen LogP contribution is -1.96. The van der Waals surface area contributed by atoms with Crippen LogP contribution >= 0.6 is 23.4 Å².